The highest BCUT2D eigenvalue weighted by atomic mass is 16.6. The first-order chi connectivity index (χ1) is 17.3. The van der Waals surface area contributed by atoms with Crippen molar-refractivity contribution in [3.05, 3.63) is 112 Å². The second-order valence-electron chi connectivity index (χ2n) is 8.00. The average molecular weight is 486 g/mol. The molecule has 4 N–H and O–H groups in total. The summed E-state index contributed by atoms with van der Waals surface area (Å²) in [7, 11) is 0. The first kappa shape index (κ1) is 24.3. The molecule has 4 aromatic rings. The number of aliphatic hydroxyl groups is 1. The fourth-order valence-corrected chi connectivity index (χ4v) is 3.83. The molecule has 1 heterocycles. The normalized spacial score (nSPS) is 12.5. The minimum atomic E-state index is -1.30. The molecular formula is C26H22N4O6. The third kappa shape index (κ3) is 5.45. The van der Waals surface area contributed by atoms with Gasteiger partial charge in [-0.3, -0.25) is 19.9 Å². The lowest BCUT2D eigenvalue weighted by Gasteiger charge is -2.17. The maximum atomic E-state index is 12.6. The van der Waals surface area contributed by atoms with Crippen molar-refractivity contribution in [2.24, 2.45) is 0 Å². The van der Waals surface area contributed by atoms with Crippen LogP contribution in [0.5, 0.6) is 0 Å². The first-order valence-corrected chi connectivity index (χ1v) is 11.0. The van der Waals surface area contributed by atoms with E-state index in [1.807, 2.05) is 24.3 Å². The molecule has 4 rings (SSSR count). The second-order valence-corrected chi connectivity index (χ2v) is 8.00. The third-order valence-electron chi connectivity index (χ3n) is 5.62. The van der Waals surface area contributed by atoms with Gasteiger partial charge in [0.25, 0.3) is 11.6 Å². The number of benzene rings is 3. The number of aliphatic hydroxyl groups excluding tert-OH is 1. The van der Waals surface area contributed by atoms with Crippen molar-refractivity contribution < 1.29 is 24.7 Å². The monoisotopic (exact) mass is 486 g/mol. The van der Waals surface area contributed by atoms with Crippen LogP contribution in [0.25, 0.3) is 10.9 Å². The van der Waals surface area contributed by atoms with Crippen LogP contribution in [0.3, 0.4) is 0 Å². The number of rotatable bonds is 9. The molecule has 10 heteroatoms. The van der Waals surface area contributed by atoms with Gasteiger partial charge in [-0.25, -0.2) is 4.79 Å². The minimum absolute atomic E-state index is 0.0421. The highest BCUT2D eigenvalue weighted by molar-refractivity contribution is 6.00. The zero-order valence-electron chi connectivity index (χ0n) is 18.9. The molecule has 2 atom stereocenters. The van der Waals surface area contributed by atoms with E-state index >= 15 is 0 Å². The molecule has 36 heavy (non-hydrogen) atoms. The summed E-state index contributed by atoms with van der Waals surface area (Å²) in [5.74, 6) is -2.12. The van der Waals surface area contributed by atoms with Gasteiger partial charge in [0.15, 0.2) is 6.23 Å². The molecule has 0 aliphatic carbocycles. The summed E-state index contributed by atoms with van der Waals surface area (Å²) in [4.78, 5) is 39.1. The molecule has 0 radical (unpaired) electrons. The van der Waals surface area contributed by atoms with E-state index in [2.05, 4.69) is 15.6 Å². The fraction of sp³-hybridized carbons (Fsp3) is 0.115. The molecule has 0 aliphatic rings. The van der Waals surface area contributed by atoms with Gasteiger partial charge in [0.05, 0.1) is 10.4 Å². The van der Waals surface area contributed by atoms with Crippen LogP contribution in [0.2, 0.25) is 0 Å². The van der Waals surface area contributed by atoms with Gasteiger partial charge in [-0.1, -0.05) is 42.5 Å². The summed E-state index contributed by atoms with van der Waals surface area (Å²) in [6.07, 6.45) is 0.576. The molecule has 0 spiro atoms. The van der Waals surface area contributed by atoms with E-state index in [9.17, 15) is 29.9 Å². The Hall–Kier alpha value is -4.83. The van der Waals surface area contributed by atoms with Gasteiger partial charge in [0, 0.05) is 35.3 Å². The van der Waals surface area contributed by atoms with E-state index in [-0.39, 0.29) is 12.0 Å². The Morgan fingerprint density at radius 1 is 0.972 bits per heavy atom. The highest BCUT2D eigenvalue weighted by Gasteiger charge is 2.25. The Morgan fingerprint density at radius 3 is 2.39 bits per heavy atom. The summed E-state index contributed by atoms with van der Waals surface area (Å²) in [5.41, 5.74) is 2.01. The van der Waals surface area contributed by atoms with Crippen molar-refractivity contribution in [3.8, 4) is 0 Å². The molecule has 0 saturated carbocycles. The number of nitro groups is 1. The molecular weight excluding hydrogens is 464 g/mol. The molecule has 0 aliphatic heterocycles. The Labute approximate surface area is 205 Å². The van der Waals surface area contributed by atoms with Gasteiger partial charge in [0.2, 0.25) is 0 Å². The summed E-state index contributed by atoms with van der Waals surface area (Å²) in [6.45, 7) is 0. The number of nitrogens with one attached hydrogen (secondary N) is 2. The second kappa shape index (κ2) is 10.6. The van der Waals surface area contributed by atoms with Gasteiger partial charge in [-0.05, 0) is 35.9 Å². The van der Waals surface area contributed by atoms with E-state index in [0.717, 1.165) is 10.9 Å². The zero-order valence-corrected chi connectivity index (χ0v) is 18.9. The maximum absolute atomic E-state index is 12.6. The number of carbonyl (C=O) groups excluding carboxylic acids is 1. The standard InChI is InChI=1S/C26H22N4O6/c31-24(19-13-14-27-21-7-3-1-5-18(19)21)28-17-11-9-16(10-12-17)15-22(26(33)34)29-25(32)20-6-2-4-8-23(20)30(35)36/h1-14,22,24,28,31H,15H2,(H,29,32)(H,33,34). The Bertz CT molecular complexity index is 1420. The number of nitrogens with zero attached hydrogens (tertiary/aromatic N) is 2. The molecule has 3 aromatic carbocycles. The zero-order chi connectivity index (χ0) is 25.7. The maximum Gasteiger partial charge on any atom is 0.326 e. The van der Waals surface area contributed by atoms with Gasteiger partial charge < -0.3 is 20.8 Å². The lowest BCUT2D eigenvalue weighted by molar-refractivity contribution is -0.385. The summed E-state index contributed by atoms with van der Waals surface area (Å²) in [6, 6.07) is 19.9. The topological polar surface area (TPSA) is 155 Å². The number of amides is 1. The number of hydrogen-bond donors (Lipinski definition) is 4. The van der Waals surface area contributed by atoms with Crippen LogP contribution in [0.15, 0.2) is 85.1 Å². The highest BCUT2D eigenvalue weighted by Crippen LogP contribution is 2.25. The molecule has 0 fully saturated rings. The quantitative estimate of drug-likeness (QED) is 0.159. The van der Waals surface area contributed by atoms with Gasteiger partial charge in [-0.2, -0.15) is 0 Å². The number of pyridine rings is 1. The van der Waals surface area contributed by atoms with Crippen molar-refractivity contribution >= 4 is 34.2 Å². The van der Waals surface area contributed by atoms with Gasteiger partial charge in [0.1, 0.15) is 11.6 Å². The number of nitro benzene ring substituents is 1. The number of carboxylic acid groups (broad SMARTS) is 1. The van der Waals surface area contributed by atoms with Gasteiger partial charge >= 0.3 is 5.97 Å². The molecule has 0 bridgehead atoms. The Morgan fingerprint density at radius 2 is 1.67 bits per heavy atom. The van der Waals surface area contributed by atoms with Crippen molar-refractivity contribution in [1.29, 1.82) is 0 Å². The SMILES string of the molecule is O=C(NC(Cc1ccc(NC(O)c2ccnc3ccccc23)cc1)C(=O)O)c1ccccc1[N+](=O)[O-]. The summed E-state index contributed by atoms with van der Waals surface area (Å²) < 4.78 is 0. The molecule has 182 valence electrons. The predicted octanol–water partition coefficient (Wildman–Crippen LogP) is 3.67. The largest absolute Gasteiger partial charge is 0.480 e. The number of carbonyl (C=O) groups is 2. The van der Waals surface area contributed by atoms with Crippen LogP contribution in [-0.4, -0.2) is 38.0 Å². The van der Waals surface area contributed by atoms with Crippen molar-refractivity contribution in [2.45, 2.75) is 18.7 Å². The van der Waals surface area contributed by atoms with Crippen LogP contribution in [-0.2, 0) is 11.2 Å². The van der Waals surface area contributed by atoms with Crippen molar-refractivity contribution in [1.82, 2.24) is 10.3 Å². The molecule has 0 saturated heterocycles. The van der Waals surface area contributed by atoms with E-state index in [1.165, 1.54) is 24.3 Å². The lowest BCUT2D eigenvalue weighted by atomic mass is 10.0. The van der Waals surface area contributed by atoms with Crippen molar-refractivity contribution in [3.63, 3.8) is 0 Å². The molecule has 1 aromatic heterocycles. The molecule has 2 unspecified atom stereocenters. The Balaban J connectivity index is 1.44. The smallest absolute Gasteiger partial charge is 0.326 e. The number of aromatic nitrogens is 1. The van der Waals surface area contributed by atoms with Gasteiger partial charge in [-0.15, -0.1) is 0 Å². The number of aliphatic carboxylic acids is 1. The van der Waals surface area contributed by atoms with E-state index < -0.39 is 34.8 Å². The third-order valence-corrected chi connectivity index (χ3v) is 5.62. The van der Waals surface area contributed by atoms with E-state index in [1.54, 1.807) is 36.5 Å². The van der Waals surface area contributed by atoms with Crippen LogP contribution in [0, 0.1) is 10.1 Å². The van der Waals surface area contributed by atoms with E-state index in [0.29, 0.717) is 16.8 Å². The Kier molecular flexibility index (Phi) is 7.17. The van der Waals surface area contributed by atoms with Crippen LogP contribution < -0.4 is 10.6 Å². The van der Waals surface area contributed by atoms with Crippen LogP contribution in [0.4, 0.5) is 11.4 Å². The van der Waals surface area contributed by atoms with Crippen LogP contribution in [0.1, 0.15) is 27.7 Å². The predicted molar refractivity (Wildman–Crippen MR) is 132 cm³/mol. The minimum Gasteiger partial charge on any atom is -0.480 e. The number of hydrogen-bond acceptors (Lipinski definition) is 7. The molecule has 10 nitrogen and oxygen atoms in total. The lowest BCUT2D eigenvalue weighted by Crippen LogP contribution is -2.42. The summed E-state index contributed by atoms with van der Waals surface area (Å²) in [5, 5.41) is 37.7. The van der Waals surface area contributed by atoms with Crippen molar-refractivity contribution in [2.75, 3.05) is 5.32 Å². The van der Waals surface area contributed by atoms with Crippen LogP contribution >= 0.6 is 0 Å². The molecule has 1 amide bonds. The van der Waals surface area contributed by atoms with E-state index in [4.69, 9.17) is 0 Å². The average Bonchev–Trinajstić information content (AvgIpc) is 2.88. The number of carboxylic acids is 1. The number of fused-ring (bicyclic) bond motifs is 1. The fourth-order valence-electron chi connectivity index (χ4n) is 3.83. The first-order valence-electron chi connectivity index (χ1n) is 11.0. The number of anilines is 1. The number of para-hydroxylation sites is 2. The summed E-state index contributed by atoms with van der Waals surface area (Å²) >= 11 is 0.